The Hall–Kier alpha value is -1.16. The Morgan fingerprint density at radius 3 is 1.34 bits per heavy atom. The highest BCUT2D eigenvalue weighted by Crippen LogP contribution is 2.26. The zero-order chi connectivity index (χ0) is 47.6. The molecule has 386 valence electrons. The lowest BCUT2D eigenvalue weighted by atomic mass is 9.99. The second-order valence-corrected chi connectivity index (χ2v) is 20.2. The molecule has 0 aromatic heterocycles. The van der Waals surface area contributed by atoms with Gasteiger partial charge in [-0.3, -0.25) is 9.35 Å². The van der Waals surface area contributed by atoms with Crippen molar-refractivity contribution in [3.8, 4) is 0 Å². The van der Waals surface area contributed by atoms with Gasteiger partial charge in [0.2, 0.25) is 5.91 Å². The molecule has 1 amide bonds. The van der Waals surface area contributed by atoms with Crippen LogP contribution in [0.5, 0.6) is 0 Å². The summed E-state index contributed by atoms with van der Waals surface area (Å²) in [5.41, 5.74) is 0. The van der Waals surface area contributed by atoms with Crippen LogP contribution in [0.4, 0.5) is 0 Å². The molecule has 13 heteroatoms. The second kappa shape index (κ2) is 42.9. The Bertz CT molecular complexity index is 1210. The van der Waals surface area contributed by atoms with Crippen LogP contribution in [0.1, 0.15) is 258 Å². The molecule has 1 rings (SSSR count). The van der Waals surface area contributed by atoms with Crippen molar-refractivity contribution in [1.82, 2.24) is 5.32 Å². The van der Waals surface area contributed by atoms with E-state index in [0.29, 0.717) is 6.42 Å². The van der Waals surface area contributed by atoms with Crippen molar-refractivity contribution in [2.75, 3.05) is 13.2 Å². The molecule has 1 heterocycles. The number of unbranched alkanes of at least 4 members (excludes halogenated alkanes) is 35. The number of aliphatic hydroxyl groups is 4. The molecule has 1 saturated heterocycles. The third-order valence-corrected chi connectivity index (χ3v) is 13.5. The molecule has 65 heavy (non-hydrogen) atoms. The fraction of sp³-hybridized carbons (Fsp3) is 0.942. The Balaban J connectivity index is 2.41. The Morgan fingerprint density at radius 1 is 0.600 bits per heavy atom. The van der Waals surface area contributed by atoms with Crippen LogP contribution >= 0.6 is 0 Å². The smallest absolute Gasteiger partial charge is 0.394 e. The van der Waals surface area contributed by atoms with Gasteiger partial charge in [0.1, 0.15) is 24.4 Å². The molecule has 0 radical (unpaired) electrons. The molecule has 1 aliphatic rings. The molecule has 0 spiro atoms. The van der Waals surface area contributed by atoms with Crippen LogP contribution in [0.2, 0.25) is 0 Å². The number of rotatable bonds is 47. The summed E-state index contributed by atoms with van der Waals surface area (Å²) >= 11 is 0. The predicted octanol–water partition coefficient (Wildman–Crippen LogP) is 11.9. The van der Waals surface area contributed by atoms with Crippen molar-refractivity contribution in [2.45, 2.75) is 301 Å². The van der Waals surface area contributed by atoms with Crippen molar-refractivity contribution in [2.24, 2.45) is 0 Å². The van der Waals surface area contributed by atoms with Crippen LogP contribution in [0, 0.1) is 0 Å². The largest absolute Gasteiger partial charge is 0.397 e. The minimum Gasteiger partial charge on any atom is -0.394 e. The Kier molecular flexibility index (Phi) is 40.8. The fourth-order valence-corrected chi connectivity index (χ4v) is 9.38. The number of carbonyl (C=O) groups excluding carboxylic acids is 1. The molecule has 0 aromatic rings. The number of hydrogen-bond acceptors (Lipinski definition) is 10. The highest BCUT2D eigenvalue weighted by molar-refractivity contribution is 7.80. The minimum atomic E-state index is -5.08. The molecule has 1 aliphatic heterocycles. The summed E-state index contributed by atoms with van der Waals surface area (Å²) in [4.78, 5) is 13.1. The van der Waals surface area contributed by atoms with Crippen LogP contribution in [-0.2, 0) is 28.9 Å². The molecule has 0 aromatic carbocycles. The zero-order valence-electron chi connectivity index (χ0n) is 41.6. The number of hydrogen-bond donors (Lipinski definition) is 6. The topological polar surface area (TPSA) is 192 Å². The van der Waals surface area contributed by atoms with Crippen molar-refractivity contribution >= 4 is 16.3 Å². The van der Waals surface area contributed by atoms with E-state index in [9.17, 15) is 38.2 Å². The van der Waals surface area contributed by atoms with E-state index in [1.807, 2.05) is 6.08 Å². The molecule has 7 atom stereocenters. The first kappa shape index (κ1) is 61.9. The van der Waals surface area contributed by atoms with Crippen LogP contribution in [-0.4, -0.2) is 95.4 Å². The lowest BCUT2D eigenvalue weighted by Gasteiger charge is -2.41. The van der Waals surface area contributed by atoms with E-state index >= 15 is 0 Å². The summed E-state index contributed by atoms with van der Waals surface area (Å²) in [6.07, 6.45) is 41.0. The van der Waals surface area contributed by atoms with E-state index in [-0.39, 0.29) is 18.9 Å². The normalized spacial score (nSPS) is 20.1. The van der Waals surface area contributed by atoms with Crippen molar-refractivity contribution in [1.29, 1.82) is 0 Å². The van der Waals surface area contributed by atoms with Gasteiger partial charge in [0, 0.05) is 6.42 Å². The van der Waals surface area contributed by atoms with Crippen molar-refractivity contribution < 1.29 is 51.8 Å². The molecular formula is C52H101NO11S. The third kappa shape index (κ3) is 35.6. The standard InChI is InChI=1S/C52H101NO11S/c1-3-5-7-9-11-13-15-17-19-21-22-23-24-26-28-30-32-34-36-38-40-42-48(56)53-45(44-62-52-50(58)51(64-65(59,60)61)49(57)47(43-54)63-52)46(55)41-39-37-35-33-31-29-27-25-20-18-16-14-12-10-8-6-4-2/h39,41,45-47,49-52,54-55,57-58H,3-38,40,42-44H2,1-2H3,(H,53,56)(H,59,60,61)/b41-39+. The molecule has 0 aliphatic carbocycles. The number of amides is 1. The molecule has 12 nitrogen and oxygen atoms in total. The molecule has 1 fully saturated rings. The molecular weight excluding hydrogens is 847 g/mol. The summed E-state index contributed by atoms with van der Waals surface area (Å²) < 4.78 is 47.8. The van der Waals surface area contributed by atoms with Gasteiger partial charge in [0.15, 0.2) is 6.29 Å². The number of carbonyl (C=O) groups is 1. The van der Waals surface area contributed by atoms with Gasteiger partial charge >= 0.3 is 10.4 Å². The average Bonchev–Trinajstić information content (AvgIpc) is 3.28. The minimum absolute atomic E-state index is 0.257. The molecule has 0 bridgehead atoms. The fourth-order valence-electron chi connectivity index (χ4n) is 8.87. The van der Waals surface area contributed by atoms with Gasteiger partial charge in [0.05, 0.1) is 25.4 Å². The van der Waals surface area contributed by atoms with E-state index in [2.05, 4.69) is 23.3 Å². The van der Waals surface area contributed by atoms with Crippen LogP contribution < -0.4 is 5.32 Å². The van der Waals surface area contributed by atoms with E-state index in [1.54, 1.807) is 6.08 Å². The maximum Gasteiger partial charge on any atom is 0.397 e. The monoisotopic (exact) mass is 948 g/mol. The van der Waals surface area contributed by atoms with Gasteiger partial charge in [-0.15, -0.1) is 0 Å². The first-order valence-electron chi connectivity index (χ1n) is 27.1. The SMILES string of the molecule is CCCCCCCCCCCCCCCCC/C=C/C(O)C(COC1OC(CO)C(O)C(OS(=O)(=O)O)C1O)NC(=O)CCCCCCCCCCCCCCCCCCCCCCC. The van der Waals surface area contributed by atoms with Gasteiger partial charge < -0.3 is 35.2 Å². The highest BCUT2D eigenvalue weighted by atomic mass is 32.3. The van der Waals surface area contributed by atoms with Crippen molar-refractivity contribution in [3.05, 3.63) is 12.2 Å². The zero-order valence-corrected chi connectivity index (χ0v) is 42.4. The van der Waals surface area contributed by atoms with Gasteiger partial charge in [0.25, 0.3) is 0 Å². The maximum absolute atomic E-state index is 13.1. The van der Waals surface area contributed by atoms with Crippen LogP contribution in [0.15, 0.2) is 12.2 Å². The van der Waals surface area contributed by atoms with E-state index < -0.39 is 59.9 Å². The lowest BCUT2D eigenvalue weighted by Crippen LogP contribution is -2.61. The Labute approximate surface area is 398 Å². The second-order valence-electron chi connectivity index (χ2n) is 19.2. The first-order chi connectivity index (χ1) is 31.5. The van der Waals surface area contributed by atoms with E-state index in [4.69, 9.17) is 9.47 Å². The van der Waals surface area contributed by atoms with Gasteiger partial charge in [-0.25, -0.2) is 4.18 Å². The third-order valence-electron chi connectivity index (χ3n) is 13.1. The predicted molar refractivity (Wildman–Crippen MR) is 264 cm³/mol. The van der Waals surface area contributed by atoms with E-state index in [1.165, 1.54) is 193 Å². The summed E-state index contributed by atoms with van der Waals surface area (Å²) in [5.74, 6) is -0.257. The van der Waals surface area contributed by atoms with Gasteiger partial charge in [-0.2, -0.15) is 8.42 Å². The highest BCUT2D eigenvalue weighted by Gasteiger charge is 2.48. The average molecular weight is 948 g/mol. The maximum atomic E-state index is 13.1. The number of allylic oxidation sites excluding steroid dienone is 1. The summed E-state index contributed by atoms with van der Waals surface area (Å²) in [6, 6.07) is -0.939. The van der Waals surface area contributed by atoms with Crippen LogP contribution in [0.3, 0.4) is 0 Å². The first-order valence-corrected chi connectivity index (χ1v) is 28.4. The summed E-state index contributed by atoms with van der Waals surface area (Å²) in [6.45, 7) is 3.43. The quantitative estimate of drug-likeness (QED) is 0.0193. The number of ether oxygens (including phenoxy) is 2. The van der Waals surface area contributed by atoms with Crippen LogP contribution in [0.25, 0.3) is 0 Å². The molecule has 7 unspecified atom stereocenters. The molecule has 6 N–H and O–H groups in total. The van der Waals surface area contributed by atoms with Gasteiger partial charge in [-0.1, -0.05) is 244 Å². The van der Waals surface area contributed by atoms with Gasteiger partial charge in [-0.05, 0) is 19.3 Å². The lowest BCUT2D eigenvalue weighted by molar-refractivity contribution is -0.298. The number of aliphatic hydroxyl groups excluding tert-OH is 4. The Morgan fingerprint density at radius 2 is 0.969 bits per heavy atom. The summed E-state index contributed by atoms with van der Waals surface area (Å²) in [5, 5.41) is 44.9. The summed E-state index contributed by atoms with van der Waals surface area (Å²) in [7, 11) is -5.08. The molecule has 0 saturated carbocycles. The van der Waals surface area contributed by atoms with E-state index in [0.717, 1.165) is 38.5 Å². The van der Waals surface area contributed by atoms with Crippen molar-refractivity contribution in [3.63, 3.8) is 0 Å². The number of nitrogens with one attached hydrogen (secondary N) is 1.